The maximum atomic E-state index is 12.3. The van der Waals surface area contributed by atoms with E-state index in [1.807, 2.05) is 6.92 Å². The van der Waals surface area contributed by atoms with E-state index in [4.69, 9.17) is 4.74 Å². The van der Waals surface area contributed by atoms with Crippen LogP contribution in [0.15, 0.2) is 0 Å². The summed E-state index contributed by atoms with van der Waals surface area (Å²) < 4.78 is 5.34. The second-order valence-electron chi connectivity index (χ2n) is 5.47. The third-order valence-corrected chi connectivity index (χ3v) is 3.70. The number of amides is 2. The van der Waals surface area contributed by atoms with Crippen LogP contribution in [0.1, 0.15) is 27.2 Å². The van der Waals surface area contributed by atoms with E-state index in [1.54, 1.807) is 18.7 Å². The molecule has 2 atom stereocenters. The Morgan fingerprint density at radius 2 is 2.18 bits per heavy atom. The van der Waals surface area contributed by atoms with Crippen molar-refractivity contribution in [2.45, 2.75) is 38.8 Å². The molecule has 0 radical (unpaired) electrons. The van der Waals surface area contributed by atoms with Crippen molar-refractivity contribution >= 4 is 11.8 Å². The van der Waals surface area contributed by atoms with Crippen LogP contribution in [-0.2, 0) is 14.3 Å². The molecule has 0 bridgehead atoms. The number of carbonyl (C=O) groups is 2. The van der Waals surface area contributed by atoms with E-state index in [-0.39, 0.29) is 24.4 Å². The molecule has 5 nitrogen and oxygen atoms in total. The first-order valence-electron chi connectivity index (χ1n) is 6.11. The Labute approximate surface area is 101 Å². The molecule has 2 heterocycles. The smallest absolute Gasteiger partial charge is 0.248 e. The van der Waals surface area contributed by atoms with Gasteiger partial charge in [0.1, 0.15) is 5.54 Å². The van der Waals surface area contributed by atoms with E-state index >= 15 is 0 Å². The summed E-state index contributed by atoms with van der Waals surface area (Å²) in [4.78, 5) is 25.6. The van der Waals surface area contributed by atoms with Gasteiger partial charge >= 0.3 is 0 Å². The molecular formula is C12H20N2O3. The summed E-state index contributed by atoms with van der Waals surface area (Å²) in [5.41, 5.74) is -0.789. The fraction of sp³-hybridized carbons (Fsp3) is 0.833. The van der Waals surface area contributed by atoms with Crippen molar-refractivity contribution in [3.8, 4) is 0 Å². The zero-order valence-electron chi connectivity index (χ0n) is 10.7. The molecule has 0 aromatic carbocycles. The fourth-order valence-corrected chi connectivity index (χ4v) is 2.54. The largest absolute Gasteiger partial charge is 0.381 e. The SMILES string of the molecule is CC(C1CCOC1)N1CC(=O)NC(C)(C)C1=O. The summed E-state index contributed by atoms with van der Waals surface area (Å²) in [5.74, 6) is 0.262. The Kier molecular flexibility index (Phi) is 3.12. The van der Waals surface area contributed by atoms with E-state index in [1.165, 1.54) is 0 Å². The summed E-state index contributed by atoms with van der Waals surface area (Å²) in [6.45, 7) is 7.11. The standard InChI is InChI=1S/C12H20N2O3/c1-8(9-4-5-17-7-9)14-6-10(15)13-12(2,3)11(14)16/h8-9H,4-7H2,1-3H3,(H,13,15). The second-order valence-corrected chi connectivity index (χ2v) is 5.47. The minimum absolute atomic E-state index is 0.00324. The molecule has 2 aliphatic rings. The van der Waals surface area contributed by atoms with Crippen LogP contribution in [0.3, 0.4) is 0 Å². The maximum absolute atomic E-state index is 12.3. The summed E-state index contributed by atoms with van der Waals surface area (Å²) in [6.07, 6.45) is 0.965. The first-order valence-corrected chi connectivity index (χ1v) is 6.11. The topological polar surface area (TPSA) is 58.6 Å². The first-order chi connectivity index (χ1) is 7.92. The van der Waals surface area contributed by atoms with Crippen molar-refractivity contribution in [2.75, 3.05) is 19.8 Å². The number of nitrogens with one attached hydrogen (secondary N) is 1. The van der Waals surface area contributed by atoms with Crippen LogP contribution in [0.4, 0.5) is 0 Å². The highest BCUT2D eigenvalue weighted by molar-refractivity contribution is 5.97. The van der Waals surface area contributed by atoms with Gasteiger partial charge in [-0.2, -0.15) is 0 Å². The van der Waals surface area contributed by atoms with Gasteiger partial charge in [0, 0.05) is 18.6 Å². The van der Waals surface area contributed by atoms with Crippen LogP contribution in [0.5, 0.6) is 0 Å². The average Bonchev–Trinajstić information content (AvgIpc) is 2.75. The lowest BCUT2D eigenvalue weighted by atomic mass is 9.94. The Morgan fingerprint density at radius 1 is 1.47 bits per heavy atom. The van der Waals surface area contributed by atoms with Gasteiger partial charge in [0.05, 0.1) is 13.2 Å². The predicted octanol–water partition coefficient (Wildman–Crippen LogP) is 0.148. The van der Waals surface area contributed by atoms with Gasteiger partial charge in [0.25, 0.3) is 0 Å². The zero-order chi connectivity index (χ0) is 12.6. The number of carbonyl (C=O) groups excluding carboxylic acids is 2. The molecule has 17 heavy (non-hydrogen) atoms. The number of rotatable bonds is 2. The number of nitrogens with zero attached hydrogens (tertiary/aromatic N) is 1. The number of hydrogen-bond donors (Lipinski definition) is 1. The van der Waals surface area contributed by atoms with Gasteiger partial charge < -0.3 is 15.0 Å². The molecule has 2 unspecified atom stereocenters. The van der Waals surface area contributed by atoms with Gasteiger partial charge in [0.2, 0.25) is 11.8 Å². The van der Waals surface area contributed by atoms with Crippen molar-refractivity contribution < 1.29 is 14.3 Å². The Bertz CT molecular complexity index is 335. The maximum Gasteiger partial charge on any atom is 0.248 e. The molecule has 2 amide bonds. The lowest BCUT2D eigenvalue weighted by molar-refractivity contribution is -0.151. The van der Waals surface area contributed by atoms with Crippen LogP contribution in [0.2, 0.25) is 0 Å². The van der Waals surface area contributed by atoms with Crippen molar-refractivity contribution in [1.29, 1.82) is 0 Å². The highest BCUT2D eigenvalue weighted by Gasteiger charge is 2.42. The van der Waals surface area contributed by atoms with E-state index in [0.717, 1.165) is 13.0 Å². The van der Waals surface area contributed by atoms with Gasteiger partial charge in [-0.05, 0) is 27.2 Å². The van der Waals surface area contributed by atoms with E-state index in [2.05, 4.69) is 5.32 Å². The quantitative estimate of drug-likeness (QED) is 0.747. The molecule has 0 aromatic heterocycles. The van der Waals surface area contributed by atoms with Gasteiger partial charge in [-0.15, -0.1) is 0 Å². The van der Waals surface area contributed by atoms with Gasteiger partial charge in [0.15, 0.2) is 0 Å². The highest BCUT2D eigenvalue weighted by atomic mass is 16.5. The van der Waals surface area contributed by atoms with Crippen molar-refractivity contribution in [1.82, 2.24) is 10.2 Å². The molecule has 2 fully saturated rings. The lowest BCUT2D eigenvalue weighted by Crippen LogP contribution is -2.66. The van der Waals surface area contributed by atoms with Crippen molar-refractivity contribution in [2.24, 2.45) is 5.92 Å². The van der Waals surface area contributed by atoms with Crippen LogP contribution < -0.4 is 5.32 Å². The molecule has 96 valence electrons. The van der Waals surface area contributed by atoms with Crippen LogP contribution in [-0.4, -0.2) is 48.1 Å². The summed E-state index contributed by atoms with van der Waals surface area (Å²) >= 11 is 0. The second kappa shape index (κ2) is 4.29. The number of ether oxygens (including phenoxy) is 1. The normalized spacial score (nSPS) is 30.3. The molecule has 0 aliphatic carbocycles. The predicted molar refractivity (Wildman–Crippen MR) is 62.3 cm³/mol. The highest BCUT2D eigenvalue weighted by Crippen LogP contribution is 2.24. The van der Waals surface area contributed by atoms with Gasteiger partial charge in [-0.25, -0.2) is 0 Å². The lowest BCUT2D eigenvalue weighted by Gasteiger charge is -2.42. The molecular weight excluding hydrogens is 220 g/mol. The summed E-state index contributed by atoms with van der Waals surface area (Å²) in [7, 11) is 0. The molecule has 0 aromatic rings. The van der Waals surface area contributed by atoms with Crippen LogP contribution in [0, 0.1) is 5.92 Å². The van der Waals surface area contributed by atoms with Crippen LogP contribution >= 0.6 is 0 Å². The average molecular weight is 240 g/mol. The molecule has 2 aliphatic heterocycles. The molecule has 1 N–H and O–H groups in total. The van der Waals surface area contributed by atoms with Crippen molar-refractivity contribution in [3.05, 3.63) is 0 Å². The zero-order valence-corrected chi connectivity index (χ0v) is 10.7. The Morgan fingerprint density at radius 3 is 2.76 bits per heavy atom. The Balaban J connectivity index is 2.13. The summed E-state index contributed by atoms with van der Waals surface area (Å²) in [5, 5.41) is 2.72. The first kappa shape index (κ1) is 12.4. The molecule has 0 spiro atoms. The van der Waals surface area contributed by atoms with Gasteiger partial charge in [-0.1, -0.05) is 0 Å². The third kappa shape index (κ3) is 2.29. The Hall–Kier alpha value is -1.10. The molecule has 0 saturated carbocycles. The third-order valence-electron chi connectivity index (χ3n) is 3.70. The number of hydrogen-bond acceptors (Lipinski definition) is 3. The molecule has 2 rings (SSSR count). The van der Waals surface area contributed by atoms with E-state index < -0.39 is 5.54 Å². The summed E-state index contributed by atoms with van der Waals surface area (Å²) in [6, 6.07) is 0.0651. The monoisotopic (exact) mass is 240 g/mol. The van der Waals surface area contributed by atoms with Crippen molar-refractivity contribution in [3.63, 3.8) is 0 Å². The van der Waals surface area contributed by atoms with E-state index in [0.29, 0.717) is 12.5 Å². The van der Waals surface area contributed by atoms with Gasteiger partial charge in [-0.3, -0.25) is 9.59 Å². The molecule has 5 heteroatoms. The minimum atomic E-state index is -0.789. The fourth-order valence-electron chi connectivity index (χ4n) is 2.54. The number of piperazine rings is 1. The molecule has 2 saturated heterocycles. The van der Waals surface area contributed by atoms with Crippen LogP contribution in [0.25, 0.3) is 0 Å². The minimum Gasteiger partial charge on any atom is -0.381 e. The van der Waals surface area contributed by atoms with E-state index in [9.17, 15) is 9.59 Å².